The highest BCUT2D eigenvalue weighted by atomic mass is 32.2. The Balaban J connectivity index is 0.927. The molecular formula is C38H51N3O2S. The van der Waals surface area contributed by atoms with Crippen LogP contribution in [0, 0.1) is 30.6 Å². The molecule has 7 rings (SSSR count). The Kier molecular flexibility index (Phi) is 8.65. The topological polar surface area (TPSA) is 55.2 Å². The van der Waals surface area contributed by atoms with Gasteiger partial charge in [0.05, 0.1) is 10.1 Å². The smallest absolute Gasteiger partial charge is 0.181 e. The van der Waals surface area contributed by atoms with Gasteiger partial charge in [0.1, 0.15) is 5.82 Å². The van der Waals surface area contributed by atoms with Crippen LogP contribution in [0.25, 0.3) is 0 Å². The van der Waals surface area contributed by atoms with Crippen LogP contribution >= 0.6 is 0 Å². The standard InChI is InChI=1S/C38H51N3O2S/c1-29-39-24-25-40(29)28-38(33-12-5-6-13-33,32-10-3-2-4-11-32)34-16-14-30(15-17-34)8-7-9-31-26-41(27-31)35-18-20-36(21-19-35)44(42,43)37-22-23-37/h2-4,10-11,18-21,24-25,30-31,33-34,37H,5-9,12-17,22-23,26-28H2,1H3. The van der Waals surface area contributed by atoms with Crippen LogP contribution in [0.15, 0.2) is 71.9 Å². The molecule has 0 bridgehead atoms. The van der Waals surface area contributed by atoms with Crippen LogP contribution in [0.1, 0.15) is 94.9 Å². The SMILES string of the molecule is Cc1nccn1CC(c1ccccc1)(C1CCCC1)C1CCC(CCCC2CN(c3ccc(S(=O)(=O)C4CC4)cc3)C2)CC1. The van der Waals surface area contributed by atoms with E-state index in [2.05, 4.69) is 57.9 Å². The lowest BCUT2D eigenvalue weighted by Gasteiger charge is -2.49. The molecule has 4 fully saturated rings. The Morgan fingerprint density at radius 3 is 2.09 bits per heavy atom. The molecule has 0 spiro atoms. The maximum atomic E-state index is 12.5. The van der Waals surface area contributed by atoms with Gasteiger partial charge in [-0.1, -0.05) is 68.9 Å². The third kappa shape index (κ3) is 6.00. The van der Waals surface area contributed by atoms with E-state index in [-0.39, 0.29) is 10.7 Å². The fourth-order valence-corrected chi connectivity index (χ4v) is 10.9. The van der Waals surface area contributed by atoms with Gasteiger partial charge in [0, 0.05) is 43.1 Å². The zero-order chi connectivity index (χ0) is 30.1. The number of imidazole rings is 1. The molecular weight excluding hydrogens is 563 g/mol. The number of benzene rings is 2. The molecule has 1 aromatic heterocycles. The van der Waals surface area contributed by atoms with Crippen molar-refractivity contribution in [2.75, 3.05) is 18.0 Å². The average Bonchev–Trinajstić information content (AvgIpc) is 3.62. The van der Waals surface area contributed by atoms with E-state index in [4.69, 9.17) is 0 Å². The largest absolute Gasteiger partial charge is 0.371 e. The first-order valence-electron chi connectivity index (χ1n) is 17.6. The Bertz CT molecular complexity index is 1480. The predicted octanol–water partition coefficient (Wildman–Crippen LogP) is 8.37. The molecule has 6 heteroatoms. The molecule has 0 N–H and O–H groups in total. The van der Waals surface area contributed by atoms with E-state index in [0.717, 1.165) is 62.0 Å². The van der Waals surface area contributed by atoms with Crippen molar-refractivity contribution in [1.82, 2.24) is 9.55 Å². The molecule has 5 nitrogen and oxygen atoms in total. The summed E-state index contributed by atoms with van der Waals surface area (Å²) in [7, 11) is -3.10. The quantitative estimate of drug-likeness (QED) is 0.206. The number of sulfone groups is 1. The Labute approximate surface area is 265 Å². The maximum absolute atomic E-state index is 12.5. The Hall–Kier alpha value is -2.60. The summed E-state index contributed by atoms with van der Waals surface area (Å²) in [5.41, 5.74) is 2.94. The van der Waals surface area contributed by atoms with Crippen LogP contribution in [0.3, 0.4) is 0 Å². The first-order chi connectivity index (χ1) is 21.4. The van der Waals surface area contributed by atoms with E-state index in [1.165, 1.54) is 76.3 Å². The second-order valence-electron chi connectivity index (χ2n) is 14.6. The van der Waals surface area contributed by atoms with E-state index in [9.17, 15) is 8.42 Å². The first-order valence-corrected chi connectivity index (χ1v) is 19.1. The van der Waals surface area contributed by atoms with Gasteiger partial charge in [-0.05, 0) is 105 Å². The highest BCUT2D eigenvalue weighted by Gasteiger charge is 2.48. The second-order valence-corrected chi connectivity index (χ2v) is 16.9. The lowest BCUT2D eigenvalue weighted by atomic mass is 9.57. The fraction of sp³-hybridized carbons (Fsp3) is 0.605. The minimum Gasteiger partial charge on any atom is -0.371 e. The molecule has 3 aliphatic carbocycles. The Morgan fingerprint density at radius 2 is 1.45 bits per heavy atom. The van der Waals surface area contributed by atoms with Crippen LogP contribution < -0.4 is 4.90 Å². The van der Waals surface area contributed by atoms with Crippen LogP contribution in [0.5, 0.6) is 0 Å². The van der Waals surface area contributed by atoms with Crippen molar-refractivity contribution in [2.24, 2.45) is 23.7 Å². The van der Waals surface area contributed by atoms with Crippen LogP contribution in [0.4, 0.5) is 5.69 Å². The molecule has 1 atom stereocenters. The van der Waals surface area contributed by atoms with Crippen molar-refractivity contribution in [3.05, 3.63) is 78.4 Å². The van der Waals surface area contributed by atoms with Crippen LogP contribution in [-0.4, -0.2) is 36.3 Å². The van der Waals surface area contributed by atoms with Gasteiger partial charge in [-0.15, -0.1) is 0 Å². The zero-order valence-electron chi connectivity index (χ0n) is 26.6. The molecule has 2 aromatic carbocycles. The molecule has 3 saturated carbocycles. The number of rotatable bonds is 12. The van der Waals surface area contributed by atoms with Gasteiger partial charge >= 0.3 is 0 Å². The van der Waals surface area contributed by atoms with Gasteiger partial charge < -0.3 is 9.47 Å². The third-order valence-corrected chi connectivity index (χ3v) is 14.3. The number of aromatic nitrogens is 2. The average molecular weight is 614 g/mol. The number of hydrogen-bond donors (Lipinski definition) is 0. The van der Waals surface area contributed by atoms with Crippen LogP contribution in [-0.2, 0) is 21.8 Å². The minimum atomic E-state index is -3.10. The molecule has 3 aromatic rings. The second kappa shape index (κ2) is 12.7. The van der Waals surface area contributed by atoms with E-state index >= 15 is 0 Å². The van der Waals surface area contributed by atoms with Crippen LogP contribution in [0.2, 0.25) is 0 Å². The lowest BCUT2D eigenvalue weighted by molar-refractivity contribution is 0.0896. The summed E-state index contributed by atoms with van der Waals surface area (Å²) in [6.45, 7) is 5.45. The van der Waals surface area contributed by atoms with E-state index < -0.39 is 9.84 Å². The number of hydrogen-bond acceptors (Lipinski definition) is 4. The number of nitrogens with zero attached hydrogens (tertiary/aromatic N) is 3. The highest BCUT2D eigenvalue weighted by Crippen LogP contribution is 2.53. The summed E-state index contributed by atoms with van der Waals surface area (Å²) >= 11 is 0. The van der Waals surface area contributed by atoms with Gasteiger partial charge in [-0.2, -0.15) is 0 Å². The normalized spacial score (nSPS) is 24.7. The van der Waals surface area contributed by atoms with Crippen molar-refractivity contribution in [2.45, 2.75) is 112 Å². The molecule has 1 aliphatic heterocycles. The molecule has 0 amide bonds. The molecule has 1 saturated heterocycles. The van der Waals surface area contributed by atoms with Crippen molar-refractivity contribution in [3.8, 4) is 0 Å². The molecule has 236 valence electrons. The predicted molar refractivity (Wildman–Crippen MR) is 179 cm³/mol. The first kappa shape index (κ1) is 30.1. The highest BCUT2D eigenvalue weighted by molar-refractivity contribution is 7.92. The Morgan fingerprint density at radius 1 is 0.795 bits per heavy atom. The van der Waals surface area contributed by atoms with Gasteiger partial charge in [-0.25, -0.2) is 13.4 Å². The van der Waals surface area contributed by atoms with Gasteiger partial charge in [0.25, 0.3) is 0 Å². The van der Waals surface area contributed by atoms with Crippen molar-refractivity contribution < 1.29 is 8.42 Å². The van der Waals surface area contributed by atoms with Crippen molar-refractivity contribution >= 4 is 15.5 Å². The van der Waals surface area contributed by atoms with Crippen molar-refractivity contribution in [3.63, 3.8) is 0 Å². The lowest BCUT2D eigenvalue weighted by Crippen LogP contribution is -2.47. The maximum Gasteiger partial charge on any atom is 0.181 e. The van der Waals surface area contributed by atoms with Gasteiger partial charge in [0.15, 0.2) is 9.84 Å². The fourth-order valence-electron chi connectivity index (χ4n) is 9.24. The van der Waals surface area contributed by atoms with E-state index in [0.29, 0.717) is 4.90 Å². The molecule has 0 radical (unpaired) electrons. The van der Waals surface area contributed by atoms with Gasteiger partial charge in [0.2, 0.25) is 0 Å². The van der Waals surface area contributed by atoms with Crippen molar-refractivity contribution in [1.29, 1.82) is 0 Å². The summed E-state index contributed by atoms with van der Waals surface area (Å²) in [6.07, 6.45) is 20.8. The molecule has 4 aliphatic rings. The summed E-state index contributed by atoms with van der Waals surface area (Å²) in [6, 6.07) is 19.3. The summed E-state index contributed by atoms with van der Waals surface area (Å²) < 4.78 is 27.5. The van der Waals surface area contributed by atoms with E-state index in [1.54, 1.807) is 5.56 Å². The summed E-state index contributed by atoms with van der Waals surface area (Å²) in [5, 5.41) is -0.137. The van der Waals surface area contributed by atoms with Gasteiger partial charge in [-0.3, -0.25) is 0 Å². The molecule has 1 unspecified atom stereocenters. The number of aryl methyl sites for hydroxylation is 1. The minimum absolute atomic E-state index is 0.137. The summed E-state index contributed by atoms with van der Waals surface area (Å²) in [4.78, 5) is 7.53. The molecule has 44 heavy (non-hydrogen) atoms. The monoisotopic (exact) mass is 613 g/mol. The zero-order valence-corrected chi connectivity index (χ0v) is 27.4. The summed E-state index contributed by atoms with van der Waals surface area (Å²) in [5.74, 6) is 4.28. The number of anilines is 1. The molecule has 2 heterocycles. The third-order valence-electron chi connectivity index (χ3n) is 12.0. The van der Waals surface area contributed by atoms with E-state index in [1.807, 2.05) is 30.5 Å².